The zero-order chi connectivity index (χ0) is 9.86. The highest BCUT2D eigenvalue weighted by Gasteiger charge is 2.38. The second-order valence-electron chi connectivity index (χ2n) is 5.53. The molecule has 3 saturated heterocycles. The highest BCUT2D eigenvalue weighted by Crippen LogP contribution is 2.33. The van der Waals surface area contributed by atoms with Crippen LogP contribution in [0.25, 0.3) is 0 Å². The first kappa shape index (κ1) is 13.0. The first-order valence-corrected chi connectivity index (χ1v) is 6.70. The third kappa shape index (κ3) is 3.18. The lowest BCUT2D eigenvalue weighted by Crippen LogP contribution is -2.58. The third-order valence-electron chi connectivity index (χ3n) is 4.52. The fraction of sp³-hybridized carbons (Fsp3) is 1.00. The number of hydrogen-bond donors (Lipinski definition) is 0. The number of hydrogen-bond acceptors (Lipinski definition) is 1. The minimum absolute atomic E-state index is 0. The van der Waals surface area contributed by atoms with Gasteiger partial charge in [0.05, 0.1) is 26.2 Å². The number of fused-ring (bicyclic) bond motifs is 3. The molecule has 0 radical (unpaired) electrons. The van der Waals surface area contributed by atoms with Gasteiger partial charge in [-0.2, -0.15) is 0 Å². The summed E-state index contributed by atoms with van der Waals surface area (Å²) < 4.78 is 1.50. The van der Waals surface area contributed by atoms with Crippen molar-refractivity contribution in [3.8, 4) is 0 Å². The van der Waals surface area contributed by atoms with Crippen LogP contribution in [0.5, 0.6) is 0 Å². The lowest BCUT2D eigenvalue weighted by atomic mass is 9.85. The van der Waals surface area contributed by atoms with E-state index >= 15 is 0 Å². The molecule has 0 aromatic carbocycles. The summed E-state index contributed by atoms with van der Waals surface area (Å²) >= 11 is 0. The average molecular weight is 213 g/mol. The molecule has 0 aromatic rings. The highest BCUT2D eigenvalue weighted by atomic mass is 16.0. The van der Waals surface area contributed by atoms with Gasteiger partial charge in [-0.1, -0.05) is 19.8 Å². The molecule has 0 unspecified atom stereocenters. The van der Waals surface area contributed by atoms with Crippen LogP contribution in [0.1, 0.15) is 51.9 Å². The molecule has 0 amide bonds. The van der Waals surface area contributed by atoms with Crippen molar-refractivity contribution in [3.63, 3.8) is 0 Å². The molecule has 2 heteroatoms. The van der Waals surface area contributed by atoms with E-state index in [1.54, 1.807) is 0 Å². The van der Waals surface area contributed by atoms with E-state index in [0.717, 1.165) is 5.92 Å². The van der Waals surface area contributed by atoms with Crippen molar-refractivity contribution in [1.82, 2.24) is 0 Å². The Morgan fingerprint density at radius 2 is 1.53 bits per heavy atom. The predicted molar refractivity (Wildman–Crippen MR) is 63.1 cm³/mol. The van der Waals surface area contributed by atoms with E-state index in [1.807, 2.05) is 0 Å². The van der Waals surface area contributed by atoms with E-state index in [1.165, 1.54) is 75.6 Å². The van der Waals surface area contributed by atoms with Crippen molar-refractivity contribution in [1.29, 1.82) is 0 Å². The smallest absolute Gasteiger partial charge is 0.0789 e. The van der Waals surface area contributed by atoms with E-state index in [-0.39, 0.29) is 5.48 Å². The molecule has 0 spiro atoms. The summed E-state index contributed by atoms with van der Waals surface area (Å²) in [6, 6.07) is 0. The first-order chi connectivity index (χ1) is 6.85. The number of unbranched alkanes of at least 4 members (excludes halogenated alkanes) is 3. The fourth-order valence-corrected chi connectivity index (χ4v) is 3.35. The SMILES string of the molecule is CCCCCC[N+]12CCC(CC1)CC2.[OH-]. The maximum Gasteiger partial charge on any atom is 0.0789 e. The molecule has 0 aliphatic carbocycles. The molecule has 3 aliphatic heterocycles. The Kier molecular flexibility index (Phi) is 5.07. The number of nitrogens with zero attached hydrogens (tertiary/aromatic N) is 1. The molecule has 1 N–H and O–H groups in total. The number of piperidine rings is 3. The van der Waals surface area contributed by atoms with Gasteiger partial charge in [0.2, 0.25) is 0 Å². The van der Waals surface area contributed by atoms with Crippen molar-refractivity contribution < 1.29 is 9.96 Å². The molecule has 3 aliphatic rings. The Morgan fingerprint density at radius 3 is 2.07 bits per heavy atom. The molecule has 0 saturated carbocycles. The summed E-state index contributed by atoms with van der Waals surface area (Å²) in [6.45, 7) is 8.33. The Hall–Kier alpha value is -0.0800. The van der Waals surface area contributed by atoms with Gasteiger partial charge in [-0.3, -0.25) is 0 Å². The summed E-state index contributed by atoms with van der Waals surface area (Å²) in [5.74, 6) is 1.12. The summed E-state index contributed by atoms with van der Waals surface area (Å²) in [5, 5.41) is 0. The maximum atomic E-state index is 2.30. The van der Waals surface area contributed by atoms with Crippen molar-refractivity contribution >= 4 is 0 Å². The van der Waals surface area contributed by atoms with Gasteiger partial charge in [-0.25, -0.2) is 0 Å². The van der Waals surface area contributed by atoms with Crippen LogP contribution in [-0.4, -0.2) is 36.1 Å². The van der Waals surface area contributed by atoms with Gasteiger partial charge in [0.15, 0.2) is 0 Å². The highest BCUT2D eigenvalue weighted by molar-refractivity contribution is 4.71. The molecular formula is C13H27NO. The van der Waals surface area contributed by atoms with Gasteiger partial charge < -0.3 is 9.96 Å². The molecule has 3 fully saturated rings. The standard InChI is InChI=1S/C13H26N.H2O/c1-2-3-4-5-9-14-10-6-13(7-11-14)8-12-14;/h13H,2-12H2,1H3;1H2/q+1;/p-1. The van der Waals surface area contributed by atoms with Crippen LogP contribution in [0, 0.1) is 5.92 Å². The van der Waals surface area contributed by atoms with E-state index in [2.05, 4.69) is 6.92 Å². The Morgan fingerprint density at radius 1 is 0.933 bits per heavy atom. The Bertz CT molecular complexity index is 160. The molecule has 0 aromatic heterocycles. The van der Waals surface area contributed by atoms with E-state index < -0.39 is 0 Å². The molecule has 3 heterocycles. The Balaban J connectivity index is 0.00000112. The molecule has 0 atom stereocenters. The van der Waals surface area contributed by atoms with Gasteiger partial charge in [0, 0.05) is 0 Å². The van der Waals surface area contributed by atoms with Crippen molar-refractivity contribution in [3.05, 3.63) is 0 Å². The summed E-state index contributed by atoms with van der Waals surface area (Å²) in [6.07, 6.45) is 10.4. The van der Waals surface area contributed by atoms with Crippen molar-refractivity contribution in [2.45, 2.75) is 51.9 Å². The molecule has 3 rings (SSSR count). The van der Waals surface area contributed by atoms with Crippen molar-refractivity contribution in [2.75, 3.05) is 26.2 Å². The second kappa shape index (κ2) is 5.86. The molecule has 2 bridgehead atoms. The zero-order valence-corrected chi connectivity index (χ0v) is 10.2. The third-order valence-corrected chi connectivity index (χ3v) is 4.52. The monoisotopic (exact) mass is 213 g/mol. The number of rotatable bonds is 5. The molecular weight excluding hydrogens is 186 g/mol. The van der Waals surface area contributed by atoms with Gasteiger partial charge in [0.1, 0.15) is 0 Å². The topological polar surface area (TPSA) is 30.0 Å². The lowest BCUT2D eigenvalue weighted by molar-refractivity contribution is -0.942. The Labute approximate surface area is 94.6 Å². The van der Waals surface area contributed by atoms with E-state index in [9.17, 15) is 0 Å². The van der Waals surface area contributed by atoms with Gasteiger partial charge >= 0.3 is 0 Å². The maximum absolute atomic E-state index is 2.30. The van der Waals surface area contributed by atoms with Crippen LogP contribution in [0.3, 0.4) is 0 Å². The largest absolute Gasteiger partial charge is 0.870 e. The summed E-state index contributed by atoms with van der Waals surface area (Å²) in [7, 11) is 0. The first-order valence-electron chi connectivity index (χ1n) is 6.70. The zero-order valence-electron chi connectivity index (χ0n) is 10.2. The van der Waals surface area contributed by atoms with Crippen LogP contribution >= 0.6 is 0 Å². The quantitative estimate of drug-likeness (QED) is 0.510. The number of quaternary nitrogens is 1. The predicted octanol–water partition coefficient (Wildman–Crippen LogP) is 3.02. The van der Waals surface area contributed by atoms with E-state index in [4.69, 9.17) is 0 Å². The van der Waals surface area contributed by atoms with E-state index in [0.29, 0.717) is 0 Å². The minimum atomic E-state index is 0. The van der Waals surface area contributed by atoms with Crippen LogP contribution in [0.15, 0.2) is 0 Å². The van der Waals surface area contributed by atoms with Crippen molar-refractivity contribution in [2.24, 2.45) is 5.92 Å². The molecule has 90 valence electrons. The lowest BCUT2D eigenvalue weighted by Gasteiger charge is -2.49. The van der Waals surface area contributed by atoms with Gasteiger partial charge in [-0.05, 0) is 38.0 Å². The second-order valence-corrected chi connectivity index (χ2v) is 5.53. The van der Waals surface area contributed by atoms with Gasteiger partial charge in [-0.15, -0.1) is 0 Å². The van der Waals surface area contributed by atoms with Crippen LogP contribution in [0.2, 0.25) is 0 Å². The fourth-order valence-electron chi connectivity index (χ4n) is 3.35. The van der Waals surface area contributed by atoms with Gasteiger partial charge in [0.25, 0.3) is 0 Å². The van der Waals surface area contributed by atoms with Crippen LogP contribution < -0.4 is 0 Å². The van der Waals surface area contributed by atoms with Crippen LogP contribution in [0.4, 0.5) is 0 Å². The molecule has 15 heavy (non-hydrogen) atoms. The summed E-state index contributed by atoms with van der Waals surface area (Å²) in [4.78, 5) is 0. The normalized spacial score (nSPS) is 33.8. The average Bonchev–Trinajstić information content (AvgIpc) is 2.27. The molecule has 2 nitrogen and oxygen atoms in total. The minimum Gasteiger partial charge on any atom is -0.870 e. The van der Waals surface area contributed by atoms with Crippen LogP contribution in [-0.2, 0) is 0 Å². The summed E-state index contributed by atoms with van der Waals surface area (Å²) in [5.41, 5.74) is 0.